The topological polar surface area (TPSA) is 132 Å². The van der Waals surface area contributed by atoms with Gasteiger partial charge in [0.25, 0.3) is 11.8 Å². The number of aromatic nitrogens is 1. The van der Waals surface area contributed by atoms with Crippen LogP contribution in [0.25, 0.3) is 11.0 Å². The molecular weight excluding hydrogens is 342 g/mol. The second-order valence-electron chi connectivity index (χ2n) is 5.55. The highest BCUT2D eigenvalue weighted by atomic mass is 16.6. The van der Waals surface area contributed by atoms with Gasteiger partial charge in [-0.2, -0.15) is 5.06 Å². The molecule has 0 fully saturated rings. The van der Waals surface area contributed by atoms with Crippen LogP contribution in [-0.4, -0.2) is 33.5 Å². The Morgan fingerprint density at radius 3 is 2.73 bits per heavy atom. The largest absolute Gasteiger partial charge is 0.451 e. The summed E-state index contributed by atoms with van der Waals surface area (Å²) in [6, 6.07) is 9.82. The first kappa shape index (κ1) is 17.5. The number of nitrogens with two attached hydrogens (primary N) is 1. The number of rotatable bonds is 7. The van der Waals surface area contributed by atoms with Crippen LogP contribution in [0.4, 0.5) is 0 Å². The molecule has 2 amide bonds. The molecule has 0 aliphatic carbocycles. The van der Waals surface area contributed by atoms with Crippen molar-refractivity contribution in [2.24, 2.45) is 5.73 Å². The maximum absolute atomic E-state index is 12.5. The van der Waals surface area contributed by atoms with Gasteiger partial charge in [0.2, 0.25) is 12.0 Å². The van der Waals surface area contributed by atoms with Crippen molar-refractivity contribution in [3.05, 3.63) is 47.9 Å². The normalized spacial score (nSPS) is 12.1. The summed E-state index contributed by atoms with van der Waals surface area (Å²) in [5.41, 5.74) is 5.61. The third-order valence-electron chi connectivity index (χ3n) is 3.64. The predicted octanol–water partition coefficient (Wildman–Crippen LogP) is 2.56. The molecule has 1 unspecified atom stereocenters. The minimum absolute atomic E-state index is 0.0311. The van der Waals surface area contributed by atoms with E-state index < -0.39 is 18.0 Å². The monoisotopic (exact) mass is 359 g/mol. The Kier molecular flexibility index (Phi) is 4.90. The third-order valence-corrected chi connectivity index (χ3v) is 3.64. The number of benzene rings is 1. The van der Waals surface area contributed by atoms with E-state index in [0.717, 1.165) is 5.39 Å². The van der Waals surface area contributed by atoms with Gasteiger partial charge in [0.15, 0.2) is 5.76 Å². The van der Waals surface area contributed by atoms with Gasteiger partial charge in [0.05, 0.1) is 6.07 Å². The summed E-state index contributed by atoms with van der Waals surface area (Å²) in [4.78, 5) is 23.6. The number of carbonyl (C=O) groups is 2. The first-order chi connectivity index (χ1) is 12.5. The number of nitrogens with zero attached hydrogens (tertiary/aromatic N) is 2. The molecule has 1 aromatic carbocycles. The van der Waals surface area contributed by atoms with E-state index in [2.05, 4.69) is 5.16 Å². The van der Waals surface area contributed by atoms with Crippen molar-refractivity contribution >= 4 is 22.8 Å². The molecular formula is C17H17N3O6. The van der Waals surface area contributed by atoms with Gasteiger partial charge in [0, 0.05) is 11.8 Å². The summed E-state index contributed by atoms with van der Waals surface area (Å²) in [7, 11) is 0. The van der Waals surface area contributed by atoms with E-state index in [0.29, 0.717) is 23.5 Å². The van der Waals surface area contributed by atoms with Gasteiger partial charge in [-0.3, -0.25) is 14.8 Å². The number of hydrogen-bond donors (Lipinski definition) is 2. The van der Waals surface area contributed by atoms with Crippen LogP contribution in [0.3, 0.4) is 0 Å². The van der Waals surface area contributed by atoms with E-state index in [4.69, 9.17) is 19.4 Å². The summed E-state index contributed by atoms with van der Waals surface area (Å²) in [6.45, 7) is 1.85. The van der Waals surface area contributed by atoms with Crippen molar-refractivity contribution in [1.29, 1.82) is 0 Å². The van der Waals surface area contributed by atoms with E-state index >= 15 is 0 Å². The fourth-order valence-corrected chi connectivity index (χ4v) is 2.38. The van der Waals surface area contributed by atoms with E-state index in [-0.39, 0.29) is 17.4 Å². The highest BCUT2D eigenvalue weighted by Crippen LogP contribution is 2.22. The summed E-state index contributed by atoms with van der Waals surface area (Å²) in [5, 5.41) is 15.0. The molecule has 3 rings (SSSR count). The molecule has 0 spiro atoms. The zero-order chi connectivity index (χ0) is 18.7. The fraction of sp³-hybridized carbons (Fsp3) is 0.235. The van der Waals surface area contributed by atoms with Crippen LogP contribution in [0.15, 0.2) is 45.3 Å². The molecule has 1 atom stereocenters. The molecule has 26 heavy (non-hydrogen) atoms. The molecule has 2 aromatic heterocycles. The summed E-state index contributed by atoms with van der Waals surface area (Å²) in [6.07, 6.45) is -0.136. The molecule has 0 saturated heterocycles. The Balaban J connectivity index is 1.79. The average Bonchev–Trinajstić information content (AvgIpc) is 3.26. The first-order valence-corrected chi connectivity index (χ1v) is 7.93. The summed E-state index contributed by atoms with van der Waals surface area (Å²) < 4.78 is 15.6. The van der Waals surface area contributed by atoms with Crippen molar-refractivity contribution in [3.63, 3.8) is 0 Å². The lowest BCUT2D eigenvalue weighted by molar-refractivity contribution is -0.151. The van der Waals surface area contributed by atoms with E-state index in [1.807, 2.05) is 13.0 Å². The van der Waals surface area contributed by atoms with Crippen LogP contribution in [0, 0.1) is 0 Å². The molecule has 0 aliphatic rings. The Hall–Kier alpha value is -3.33. The Morgan fingerprint density at radius 2 is 2.08 bits per heavy atom. The lowest BCUT2D eigenvalue weighted by Gasteiger charge is -2.24. The predicted molar refractivity (Wildman–Crippen MR) is 88.5 cm³/mol. The number of hydroxylamine groups is 2. The lowest BCUT2D eigenvalue weighted by Crippen LogP contribution is -2.41. The number of carbonyl (C=O) groups excluding carboxylic acids is 2. The lowest BCUT2D eigenvalue weighted by atomic mass is 10.2. The Labute approximate surface area is 147 Å². The molecule has 0 aliphatic heterocycles. The Morgan fingerprint density at radius 1 is 1.31 bits per heavy atom. The van der Waals surface area contributed by atoms with Crippen molar-refractivity contribution in [2.45, 2.75) is 26.0 Å². The van der Waals surface area contributed by atoms with E-state index in [1.165, 1.54) is 12.1 Å². The molecule has 136 valence electrons. The second kappa shape index (κ2) is 7.28. The van der Waals surface area contributed by atoms with Crippen LogP contribution in [-0.2, 0) is 0 Å². The minimum atomic E-state index is -1.05. The van der Waals surface area contributed by atoms with Gasteiger partial charge >= 0.3 is 5.91 Å². The van der Waals surface area contributed by atoms with Crippen LogP contribution < -0.4 is 10.5 Å². The number of hydrogen-bond acceptors (Lipinski definition) is 7. The zero-order valence-corrected chi connectivity index (χ0v) is 13.9. The van der Waals surface area contributed by atoms with Crippen LogP contribution >= 0.6 is 0 Å². The summed E-state index contributed by atoms with van der Waals surface area (Å²) in [5.74, 6) is -1.87. The molecule has 9 heteroatoms. The van der Waals surface area contributed by atoms with Gasteiger partial charge < -0.3 is 19.4 Å². The minimum Gasteiger partial charge on any atom is -0.451 e. The van der Waals surface area contributed by atoms with Gasteiger partial charge in [0.1, 0.15) is 5.58 Å². The first-order valence-electron chi connectivity index (χ1n) is 7.93. The van der Waals surface area contributed by atoms with Crippen molar-refractivity contribution in [1.82, 2.24) is 10.2 Å². The molecule has 3 aromatic rings. The molecule has 0 saturated carbocycles. The second-order valence-corrected chi connectivity index (χ2v) is 5.55. The number of furan rings is 1. The maximum atomic E-state index is 12.5. The molecule has 0 radical (unpaired) electrons. The number of fused-ring (bicyclic) bond motifs is 1. The fourth-order valence-electron chi connectivity index (χ4n) is 2.38. The quantitative estimate of drug-likeness (QED) is 0.376. The highest BCUT2D eigenvalue weighted by Gasteiger charge is 2.28. The van der Waals surface area contributed by atoms with Gasteiger partial charge in [-0.1, -0.05) is 31.5 Å². The maximum Gasteiger partial charge on any atom is 0.316 e. The summed E-state index contributed by atoms with van der Waals surface area (Å²) >= 11 is 0. The smallest absolute Gasteiger partial charge is 0.316 e. The van der Waals surface area contributed by atoms with Gasteiger partial charge in [-0.25, -0.2) is 0 Å². The van der Waals surface area contributed by atoms with Gasteiger partial charge in [-0.05, 0) is 17.3 Å². The molecule has 9 nitrogen and oxygen atoms in total. The highest BCUT2D eigenvalue weighted by molar-refractivity contribution is 5.95. The van der Waals surface area contributed by atoms with Gasteiger partial charge in [-0.15, -0.1) is 0 Å². The van der Waals surface area contributed by atoms with Crippen LogP contribution in [0.5, 0.6) is 5.88 Å². The molecule has 3 N–H and O–H groups in total. The Bertz CT molecular complexity index is 898. The van der Waals surface area contributed by atoms with E-state index in [9.17, 15) is 14.8 Å². The van der Waals surface area contributed by atoms with Crippen LogP contribution in [0.2, 0.25) is 0 Å². The number of amides is 2. The van der Waals surface area contributed by atoms with Crippen molar-refractivity contribution in [3.8, 4) is 5.88 Å². The number of primary amides is 1. The van der Waals surface area contributed by atoms with Crippen molar-refractivity contribution < 1.29 is 28.5 Å². The SMILES string of the molecule is CCCC(Oc1cc(C(N)=O)on1)N(O)C(=O)c1cc2ccccc2o1. The average molecular weight is 359 g/mol. The molecule has 0 bridgehead atoms. The van der Waals surface area contributed by atoms with Crippen molar-refractivity contribution in [2.75, 3.05) is 0 Å². The number of ether oxygens (including phenoxy) is 1. The van der Waals surface area contributed by atoms with E-state index in [1.54, 1.807) is 18.2 Å². The van der Waals surface area contributed by atoms with Crippen LogP contribution in [0.1, 0.15) is 40.9 Å². The number of para-hydroxylation sites is 1. The molecule has 2 heterocycles. The third kappa shape index (κ3) is 3.52. The zero-order valence-electron chi connectivity index (χ0n) is 13.9. The standard InChI is InChI=1S/C17H17N3O6/c1-2-5-15(25-14-9-12(16(18)21)26-19-14)20(23)17(22)13-8-10-6-3-4-7-11(10)24-13/h3-4,6-9,15,23H,2,5H2,1H3,(H2,18,21).